The van der Waals surface area contributed by atoms with Gasteiger partial charge in [0.1, 0.15) is 6.61 Å². The van der Waals surface area contributed by atoms with Gasteiger partial charge in [-0.05, 0) is 37.7 Å². The smallest absolute Gasteiger partial charge is 0.302 e. The van der Waals surface area contributed by atoms with E-state index in [1.165, 1.54) is 18.9 Å². The Morgan fingerprint density at radius 1 is 1.27 bits per heavy atom. The van der Waals surface area contributed by atoms with E-state index in [4.69, 9.17) is 4.74 Å². The predicted molar refractivity (Wildman–Crippen MR) is 63.6 cm³/mol. The monoisotopic (exact) mass is 212 g/mol. The summed E-state index contributed by atoms with van der Waals surface area (Å²) >= 11 is 0. The zero-order valence-corrected chi connectivity index (χ0v) is 10.7. The number of esters is 1. The van der Waals surface area contributed by atoms with Crippen LogP contribution in [0.2, 0.25) is 0 Å². The van der Waals surface area contributed by atoms with Gasteiger partial charge in [0.05, 0.1) is 0 Å². The van der Waals surface area contributed by atoms with Gasteiger partial charge in [-0.3, -0.25) is 4.79 Å². The molecule has 0 rings (SSSR count). The molecule has 0 saturated heterocycles. The number of carbonyl (C=O) groups excluding carboxylic acids is 1. The van der Waals surface area contributed by atoms with Crippen molar-refractivity contribution in [3.63, 3.8) is 0 Å². The van der Waals surface area contributed by atoms with E-state index in [0.29, 0.717) is 6.61 Å². The second-order valence-electron chi connectivity index (χ2n) is 4.61. The first-order valence-corrected chi connectivity index (χ1v) is 5.72. The Morgan fingerprint density at radius 3 is 2.33 bits per heavy atom. The molecule has 0 bridgehead atoms. The molecule has 2 heteroatoms. The van der Waals surface area contributed by atoms with Crippen LogP contribution >= 0.6 is 0 Å². The minimum Gasteiger partial charge on any atom is -0.462 e. The summed E-state index contributed by atoms with van der Waals surface area (Å²) in [5.41, 5.74) is 1.31. The molecule has 2 nitrogen and oxygen atoms in total. The van der Waals surface area contributed by atoms with Gasteiger partial charge in [0, 0.05) is 6.92 Å². The predicted octanol–water partition coefficient (Wildman–Crippen LogP) is 3.57. The van der Waals surface area contributed by atoms with Crippen LogP contribution in [-0.2, 0) is 9.53 Å². The molecule has 0 aliphatic rings. The minimum absolute atomic E-state index is 0.213. The van der Waals surface area contributed by atoms with Crippen LogP contribution in [0.3, 0.4) is 0 Å². The highest BCUT2D eigenvalue weighted by Crippen LogP contribution is 2.18. The maximum absolute atomic E-state index is 10.5. The molecule has 0 aromatic heterocycles. The van der Waals surface area contributed by atoms with Crippen molar-refractivity contribution in [3.8, 4) is 0 Å². The van der Waals surface area contributed by atoms with Crippen LogP contribution in [0.25, 0.3) is 0 Å². The van der Waals surface area contributed by atoms with E-state index >= 15 is 0 Å². The molecule has 0 amide bonds. The molecule has 0 aliphatic heterocycles. The van der Waals surface area contributed by atoms with Crippen molar-refractivity contribution in [2.75, 3.05) is 6.61 Å². The Labute approximate surface area is 93.7 Å². The van der Waals surface area contributed by atoms with Crippen LogP contribution < -0.4 is 0 Å². The van der Waals surface area contributed by atoms with Crippen molar-refractivity contribution in [3.05, 3.63) is 11.6 Å². The fourth-order valence-electron chi connectivity index (χ4n) is 1.19. The third-order valence-electron chi connectivity index (χ3n) is 2.85. The Morgan fingerprint density at radius 2 is 1.87 bits per heavy atom. The Bertz CT molecular complexity index is 217. The van der Waals surface area contributed by atoms with Crippen molar-refractivity contribution >= 4 is 5.97 Å². The Balaban J connectivity index is 3.72. The summed E-state index contributed by atoms with van der Waals surface area (Å²) in [6.45, 7) is 10.7. The second-order valence-corrected chi connectivity index (χ2v) is 4.61. The largest absolute Gasteiger partial charge is 0.462 e. The molecular weight excluding hydrogens is 188 g/mol. The molecule has 0 heterocycles. The first-order chi connectivity index (χ1) is 6.93. The van der Waals surface area contributed by atoms with E-state index in [9.17, 15) is 4.79 Å². The van der Waals surface area contributed by atoms with Crippen molar-refractivity contribution in [2.24, 2.45) is 11.8 Å². The maximum Gasteiger partial charge on any atom is 0.302 e. The quantitative estimate of drug-likeness (QED) is 0.497. The summed E-state index contributed by atoms with van der Waals surface area (Å²) in [7, 11) is 0. The topological polar surface area (TPSA) is 26.3 Å². The summed E-state index contributed by atoms with van der Waals surface area (Å²) in [6, 6.07) is 0. The molecule has 0 aliphatic carbocycles. The van der Waals surface area contributed by atoms with Crippen LogP contribution in [0.1, 0.15) is 47.5 Å². The van der Waals surface area contributed by atoms with Crippen LogP contribution in [0, 0.1) is 11.8 Å². The van der Waals surface area contributed by atoms with Gasteiger partial charge < -0.3 is 4.74 Å². The van der Waals surface area contributed by atoms with Crippen LogP contribution in [-0.4, -0.2) is 12.6 Å². The van der Waals surface area contributed by atoms with E-state index < -0.39 is 0 Å². The number of carbonyl (C=O) groups is 1. The van der Waals surface area contributed by atoms with Crippen LogP contribution in [0.15, 0.2) is 11.6 Å². The molecular formula is C13H24O2. The Kier molecular flexibility index (Phi) is 7.10. The zero-order chi connectivity index (χ0) is 11.8. The molecule has 1 unspecified atom stereocenters. The zero-order valence-electron chi connectivity index (χ0n) is 10.7. The van der Waals surface area contributed by atoms with E-state index in [1.54, 1.807) is 0 Å². The van der Waals surface area contributed by atoms with Gasteiger partial charge in [0.15, 0.2) is 0 Å². The van der Waals surface area contributed by atoms with Crippen molar-refractivity contribution < 1.29 is 9.53 Å². The first kappa shape index (κ1) is 14.2. The lowest BCUT2D eigenvalue weighted by Crippen LogP contribution is -2.04. The number of allylic oxidation sites excluding steroid dienone is 1. The van der Waals surface area contributed by atoms with Gasteiger partial charge in [-0.25, -0.2) is 0 Å². The highest BCUT2D eigenvalue weighted by Gasteiger charge is 2.06. The van der Waals surface area contributed by atoms with E-state index in [2.05, 4.69) is 27.7 Å². The molecule has 0 radical (unpaired) electrons. The van der Waals surface area contributed by atoms with Gasteiger partial charge in [0.25, 0.3) is 0 Å². The van der Waals surface area contributed by atoms with Gasteiger partial charge in [-0.1, -0.05) is 26.3 Å². The minimum atomic E-state index is -0.213. The second kappa shape index (κ2) is 7.49. The molecule has 0 spiro atoms. The summed E-state index contributed by atoms with van der Waals surface area (Å²) < 4.78 is 4.85. The summed E-state index contributed by atoms with van der Waals surface area (Å²) in [6.07, 6.45) is 4.30. The molecule has 0 aromatic carbocycles. The van der Waals surface area contributed by atoms with Crippen LogP contribution in [0.4, 0.5) is 0 Å². The van der Waals surface area contributed by atoms with Crippen molar-refractivity contribution in [2.45, 2.75) is 47.5 Å². The third kappa shape index (κ3) is 8.22. The SMILES string of the molecule is CC(=O)OC/C=C(\C)CCC(C)C(C)C. The van der Waals surface area contributed by atoms with Crippen molar-refractivity contribution in [1.29, 1.82) is 0 Å². The Hall–Kier alpha value is -0.790. The highest BCUT2D eigenvalue weighted by atomic mass is 16.5. The molecule has 0 fully saturated rings. The van der Waals surface area contributed by atoms with Gasteiger partial charge in [-0.2, -0.15) is 0 Å². The summed E-state index contributed by atoms with van der Waals surface area (Å²) in [4.78, 5) is 10.5. The molecule has 0 saturated carbocycles. The van der Waals surface area contributed by atoms with Crippen molar-refractivity contribution in [1.82, 2.24) is 0 Å². The summed E-state index contributed by atoms with van der Waals surface area (Å²) in [5.74, 6) is 1.28. The van der Waals surface area contributed by atoms with E-state index in [-0.39, 0.29) is 5.97 Å². The molecule has 15 heavy (non-hydrogen) atoms. The van der Waals surface area contributed by atoms with E-state index in [0.717, 1.165) is 18.3 Å². The highest BCUT2D eigenvalue weighted by molar-refractivity contribution is 5.66. The van der Waals surface area contributed by atoms with Gasteiger partial charge in [-0.15, -0.1) is 0 Å². The van der Waals surface area contributed by atoms with Gasteiger partial charge >= 0.3 is 5.97 Å². The van der Waals surface area contributed by atoms with Gasteiger partial charge in [0.2, 0.25) is 0 Å². The van der Waals surface area contributed by atoms with E-state index in [1.807, 2.05) is 6.08 Å². The first-order valence-electron chi connectivity index (χ1n) is 5.72. The third-order valence-corrected chi connectivity index (χ3v) is 2.85. The summed E-state index contributed by atoms with van der Waals surface area (Å²) in [5, 5.41) is 0. The standard InChI is InChI=1S/C13H24O2/c1-10(2)12(4)7-6-11(3)8-9-15-13(5)14/h8,10,12H,6-7,9H2,1-5H3/b11-8+. The fourth-order valence-corrected chi connectivity index (χ4v) is 1.19. The number of hydrogen-bond acceptors (Lipinski definition) is 2. The lowest BCUT2D eigenvalue weighted by atomic mass is 9.92. The maximum atomic E-state index is 10.5. The fraction of sp³-hybridized carbons (Fsp3) is 0.769. The lowest BCUT2D eigenvalue weighted by Gasteiger charge is -2.15. The molecule has 0 N–H and O–H groups in total. The van der Waals surface area contributed by atoms with Crippen LogP contribution in [0.5, 0.6) is 0 Å². The average Bonchev–Trinajstić information content (AvgIpc) is 2.13. The molecule has 0 aromatic rings. The number of hydrogen-bond donors (Lipinski definition) is 0. The number of rotatable bonds is 6. The average molecular weight is 212 g/mol. The lowest BCUT2D eigenvalue weighted by molar-refractivity contribution is -0.139. The number of ether oxygens (including phenoxy) is 1. The molecule has 88 valence electrons. The molecule has 1 atom stereocenters. The normalized spacial score (nSPS) is 14.1.